The van der Waals surface area contributed by atoms with Gasteiger partial charge in [-0.25, -0.2) is 9.59 Å². The highest BCUT2D eigenvalue weighted by Crippen LogP contribution is 2.38. The van der Waals surface area contributed by atoms with E-state index in [1.54, 1.807) is 12.1 Å². The highest BCUT2D eigenvalue weighted by atomic mass is 32.1. The lowest BCUT2D eigenvalue weighted by molar-refractivity contribution is -0.382. The first-order valence-electron chi connectivity index (χ1n) is 8.92. The Kier molecular flexibility index (Phi) is 7.63. The van der Waals surface area contributed by atoms with Crippen LogP contribution in [0.3, 0.4) is 0 Å². The summed E-state index contributed by atoms with van der Waals surface area (Å²) in [4.78, 5) is 32.4. The molecule has 0 unspecified atom stereocenters. The fourth-order valence-corrected chi connectivity index (χ4v) is 4.06. The van der Waals surface area contributed by atoms with Gasteiger partial charge in [-0.15, -0.1) is 11.3 Å². The topological polar surface area (TPSA) is 121 Å². The Balaban J connectivity index is 0.000000321. The van der Waals surface area contributed by atoms with Crippen molar-refractivity contribution in [2.45, 2.75) is 26.3 Å². The average molecular weight is 418 g/mol. The molecule has 0 amide bonds. The molecule has 0 saturated carbocycles. The second-order valence-electron chi connectivity index (χ2n) is 6.64. The van der Waals surface area contributed by atoms with E-state index in [1.807, 2.05) is 6.07 Å². The van der Waals surface area contributed by atoms with Gasteiger partial charge in [0, 0.05) is 42.7 Å². The monoisotopic (exact) mass is 418 g/mol. The van der Waals surface area contributed by atoms with Crippen LogP contribution in [0.15, 0.2) is 41.8 Å². The first-order chi connectivity index (χ1) is 13.7. The Labute approximate surface area is 171 Å². The van der Waals surface area contributed by atoms with Crippen LogP contribution in [-0.4, -0.2) is 51.1 Å². The predicted molar refractivity (Wildman–Crippen MR) is 112 cm³/mol. The molecule has 1 aliphatic heterocycles. The molecule has 0 radical (unpaired) electrons. The zero-order valence-corrected chi connectivity index (χ0v) is 16.9. The normalized spacial score (nSPS) is 14.5. The molecule has 1 aromatic heterocycles. The van der Waals surface area contributed by atoms with Crippen LogP contribution in [0.1, 0.15) is 25.8 Å². The number of hydrogen-bond acceptors (Lipinski definition) is 6. The number of fused-ring (bicyclic) bond motifs is 1. The molecular weight excluding hydrogens is 396 g/mol. The summed E-state index contributed by atoms with van der Waals surface area (Å²) in [5, 5.41) is 29.8. The minimum Gasteiger partial charge on any atom is -0.478 e. The van der Waals surface area contributed by atoms with Crippen molar-refractivity contribution in [2.24, 2.45) is 0 Å². The van der Waals surface area contributed by atoms with E-state index in [1.165, 1.54) is 22.5 Å². The van der Waals surface area contributed by atoms with E-state index >= 15 is 0 Å². The zero-order chi connectivity index (χ0) is 21.6. The number of carboxylic acids is 2. The van der Waals surface area contributed by atoms with Crippen LogP contribution in [0.25, 0.3) is 15.7 Å². The smallest absolute Gasteiger partial charge is 0.328 e. The summed E-state index contributed by atoms with van der Waals surface area (Å²) >= 11 is 1.47. The molecule has 8 nitrogen and oxygen atoms in total. The van der Waals surface area contributed by atoms with Gasteiger partial charge < -0.3 is 10.2 Å². The van der Waals surface area contributed by atoms with Crippen LogP contribution in [0, 0.1) is 10.1 Å². The van der Waals surface area contributed by atoms with Crippen molar-refractivity contribution < 1.29 is 24.7 Å². The van der Waals surface area contributed by atoms with Crippen molar-refractivity contribution in [3.8, 4) is 0 Å². The molecule has 0 aliphatic carbocycles. The molecule has 3 rings (SSSR count). The molecule has 9 heteroatoms. The van der Waals surface area contributed by atoms with Gasteiger partial charge in [-0.05, 0) is 36.8 Å². The number of hydrogen-bond donors (Lipinski definition) is 2. The molecular formula is C20H22N2O6S. The fourth-order valence-electron chi connectivity index (χ4n) is 2.98. The van der Waals surface area contributed by atoms with E-state index in [0.29, 0.717) is 18.2 Å². The molecule has 1 aromatic carbocycles. The number of thiophene rings is 1. The first-order valence-corrected chi connectivity index (χ1v) is 9.80. The van der Waals surface area contributed by atoms with Gasteiger partial charge in [0.1, 0.15) is 4.70 Å². The third-order valence-electron chi connectivity index (χ3n) is 4.46. The van der Waals surface area contributed by atoms with Crippen LogP contribution in [-0.2, 0) is 9.59 Å². The van der Waals surface area contributed by atoms with Crippen molar-refractivity contribution in [3.05, 3.63) is 57.5 Å². The summed E-state index contributed by atoms with van der Waals surface area (Å²) in [5.74, 6) is -2.51. The molecule has 2 aromatic rings. The number of nitrogens with zero attached hydrogens (tertiary/aromatic N) is 2. The van der Waals surface area contributed by atoms with Crippen LogP contribution in [0.4, 0.5) is 5.69 Å². The van der Waals surface area contributed by atoms with Gasteiger partial charge in [-0.2, -0.15) is 0 Å². The molecule has 2 N–H and O–H groups in total. The van der Waals surface area contributed by atoms with E-state index in [-0.39, 0.29) is 10.6 Å². The van der Waals surface area contributed by atoms with Crippen LogP contribution in [0.2, 0.25) is 0 Å². The van der Waals surface area contributed by atoms with E-state index in [0.717, 1.165) is 29.6 Å². The Morgan fingerprint density at radius 1 is 1.24 bits per heavy atom. The Bertz CT molecular complexity index is 961. The third-order valence-corrected chi connectivity index (χ3v) is 5.48. The number of carboxylic acid groups (broad SMARTS) is 2. The second kappa shape index (κ2) is 9.94. The lowest BCUT2D eigenvalue weighted by Crippen LogP contribution is -2.34. The van der Waals surface area contributed by atoms with Crippen LogP contribution < -0.4 is 0 Å². The number of nitro groups is 1. The van der Waals surface area contributed by atoms with Crippen LogP contribution >= 0.6 is 11.3 Å². The minimum absolute atomic E-state index is 0.212. The Morgan fingerprint density at radius 3 is 2.38 bits per heavy atom. The lowest BCUT2D eigenvalue weighted by Gasteiger charge is -2.29. The zero-order valence-electron chi connectivity index (χ0n) is 16.1. The quantitative estimate of drug-likeness (QED) is 0.427. The summed E-state index contributed by atoms with van der Waals surface area (Å²) in [6.07, 6.45) is 4.39. The van der Waals surface area contributed by atoms with Gasteiger partial charge >= 0.3 is 11.9 Å². The highest BCUT2D eigenvalue weighted by Gasteiger charge is 2.20. The minimum atomic E-state index is -1.26. The van der Waals surface area contributed by atoms with Gasteiger partial charge in [0.2, 0.25) is 0 Å². The van der Waals surface area contributed by atoms with E-state index in [4.69, 9.17) is 10.2 Å². The number of benzene rings is 1. The van der Waals surface area contributed by atoms with Crippen LogP contribution in [0.5, 0.6) is 0 Å². The fraction of sp³-hybridized carbons (Fsp3) is 0.300. The van der Waals surface area contributed by atoms with E-state index < -0.39 is 11.9 Å². The molecule has 0 bridgehead atoms. The van der Waals surface area contributed by atoms with Gasteiger partial charge in [0.25, 0.3) is 5.69 Å². The molecule has 0 fully saturated rings. The highest BCUT2D eigenvalue weighted by molar-refractivity contribution is 7.18. The van der Waals surface area contributed by atoms with Crippen molar-refractivity contribution in [3.63, 3.8) is 0 Å². The molecule has 2 heterocycles. The summed E-state index contributed by atoms with van der Waals surface area (Å²) in [6.45, 7) is 6.43. The number of carbonyl (C=O) groups is 2. The summed E-state index contributed by atoms with van der Waals surface area (Å²) < 4.78 is 0.782. The Hall–Kier alpha value is -3.04. The molecule has 0 spiro atoms. The number of rotatable bonds is 5. The number of nitro benzene ring substituents is 1. The third kappa shape index (κ3) is 5.97. The molecule has 29 heavy (non-hydrogen) atoms. The largest absolute Gasteiger partial charge is 0.478 e. The maximum Gasteiger partial charge on any atom is 0.328 e. The van der Waals surface area contributed by atoms with Gasteiger partial charge in [0.15, 0.2) is 0 Å². The van der Waals surface area contributed by atoms with Gasteiger partial charge in [-0.1, -0.05) is 18.2 Å². The van der Waals surface area contributed by atoms with Crippen molar-refractivity contribution in [2.75, 3.05) is 13.1 Å². The van der Waals surface area contributed by atoms with Crippen molar-refractivity contribution in [1.82, 2.24) is 4.90 Å². The summed E-state index contributed by atoms with van der Waals surface area (Å²) in [5.41, 5.74) is 2.70. The van der Waals surface area contributed by atoms with Crippen molar-refractivity contribution in [1.29, 1.82) is 0 Å². The standard InChI is InChI=1S/C16H18N2O2S.C4H4O4/c1-11(2)17-8-6-12(7-9-17)14-10-21-16-13(14)4-3-5-15(16)18(19)20;5-3(6)1-2-4(7)8/h3-6,10-11H,7-9H2,1-2H3;1-2H,(H,5,6)(H,7,8). The van der Waals surface area contributed by atoms with E-state index in [9.17, 15) is 19.7 Å². The van der Waals surface area contributed by atoms with Gasteiger partial charge in [-0.3, -0.25) is 15.0 Å². The maximum atomic E-state index is 11.1. The Morgan fingerprint density at radius 2 is 1.90 bits per heavy atom. The molecule has 0 atom stereocenters. The lowest BCUT2D eigenvalue weighted by atomic mass is 9.98. The number of non-ortho nitro benzene ring substituents is 1. The van der Waals surface area contributed by atoms with Crippen molar-refractivity contribution >= 4 is 44.6 Å². The second-order valence-corrected chi connectivity index (χ2v) is 7.52. The average Bonchev–Trinajstić information content (AvgIpc) is 3.11. The van der Waals surface area contributed by atoms with Gasteiger partial charge in [0.05, 0.1) is 4.92 Å². The molecule has 154 valence electrons. The molecule has 1 aliphatic rings. The summed E-state index contributed by atoms with van der Waals surface area (Å²) in [6, 6.07) is 5.91. The SMILES string of the molecule is CC(C)N1CC=C(c2csc3c([N+](=O)[O-])cccc23)CC1.O=C(O)C=CC(=O)O. The van der Waals surface area contributed by atoms with E-state index in [2.05, 4.69) is 30.2 Å². The maximum absolute atomic E-state index is 11.1. The molecule has 0 saturated heterocycles. The summed E-state index contributed by atoms with van der Waals surface area (Å²) in [7, 11) is 0. The first kappa shape index (κ1) is 22.3. The predicted octanol–water partition coefficient (Wildman–Crippen LogP) is 4.02. The number of aliphatic carboxylic acids is 2.